The molecule has 0 spiro atoms. The van der Waals surface area contributed by atoms with Crippen molar-refractivity contribution < 1.29 is 34.9 Å². The van der Waals surface area contributed by atoms with Gasteiger partial charge in [-0.3, -0.25) is 0 Å². The van der Waals surface area contributed by atoms with Crippen LogP contribution in [-0.4, -0.2) is 31.7 Å². The molecule has 0 heterocycles. The molecule has 0 saturated carbocycles. The van der Waals surface area contributed by atoms with E-state index in [9.17, 15) is 0 Å². The molecule has 0 aliphatic rings. The van der Waals surface area contributed by atoms with Gasteiger partial charge in [0, 0.05) is 13.7 Å². The van der Waals surface area contributed by atoms with Crippen LogP contribution < -0.4 is 18.9 Å². The van der Waals surface area contributed by atoms with E-state index in [1.807, 2.05) is 6.92 Å². The van der Waals surface area contributed by atoms with Crippen molar-refractivity contribution >= 4 is 0 Å². The Morgan fingerprint density at radius 2 is 2.22 bits per heavy atom. The second-order valence-electron chi connectivity index (χ2n) is 1.30. The van der Waals surface area contributed by atoms with Crippen molar-refractivity contribution in [3.05, 3.63) is 0 Å². The summed E-state index contributed by atoms with van der Waals surface area (Å²) in [6.07, 6.45) is -0.444. The molecule has 0 aliphatic heterocycles. The number of ether oxygens (including phenoxy) is 2. The average Bonchev–Trinajstić information content (AvgIpc) is 1.83. The van der Waals surface area contributed by atoms with Gasteiger partial charge in [-0.25, -0.2) is 0 Å². The van der Waals surface area contributed by atoms with E-state index in [1.54, 1.807) is 0 Å². The first-order valence-electron chi connectivity index (χ1n) is 2.60. The quantitative estimate of drug-likeness (QED) is 0.326. The van der Waals surface area contributed by atoms with Crippen molar-refractivity contribution in [3.8, 4) is 0 Å². The topological polar surface area (TPSA) is 38.7 Å². The molecule has 1 unspecified atom stereocenters. The zero-order valence-corrected chi connectivity index (χ0v) is 6.26. The second-order valence-corrected chi connectivity index (χ2v) is 1.30. The maximum atomic E-state index is 8.41. The van der Waals surface area contributed by atoms with Crippen LogP contribution in [0.4, 0.5) is 0 Å². The number of hydrogen-bond donors (Lipinski definition) is 1. The van der Waals surface area contributed by atoms with Crippen LogP contribution in [-0.2, 0) is 9.47 Å². The number of aliphatic hydroxyl groups excluding tert-OH is 1. The van der Waals surface area contributed by atoms with Crippen molar-refractivity contribution in [1.29, 1.82) is 0 Å². The third-order valence-corrected chi connectivity index (χ3v) is 0.765. The Kier molecular flexibility index (Phi) is 11.5. The molecule has 1 N–H and O–H groups in total. The summed E-state index contributed by atoms with van der Waals surface area (Å²) in [6.45, 7) is 2.34. The standard InChI is InChI=1S/C5H12O3.Li.H/c1-3-8-5(4-6)7-2;;/h5-6H,3-4H2,1-2H3;;/q;+1;-1. The molecule has 0 aromatic carbocycles. The first-order chi connectivity index (χ1) is 3.85. The first kappa shape index (κ1) is 12.2. The monoisotopic (exact) mass is 128 g/mol. The molecule has 3 nitrogen and oxygen atoms in total. The number of methoxy groups -OCH3 is 1. The van der Waals surface area contributed by atoms with Crippen LogP contribution in [0.15, 0.2) is 0 Å². The van der Waals surface area contributed by atoms with Crippen LogP contribution in [0.25, 0.3) is 0 Å². The predicted molar refractivity (Wildman–Crippen MR) is 30.6 cm³/mol. The van der Waals surface area contributed by atoms with Crippen molar-refractivity contribution in [2.45, 2.75) is 13.2 Å². The van der Waals surface area contributed by atoms with Gasteiger partial charge in [0.2, 0.25) is 0 Å². The maximum Gasteiger partial charge on any atom is 1.00 e. The third-order valence-electron chi connectivity index (χ3n) is 0.765. The van der Waals surface area contributed by atoms with Crippen LogP contribution in [0.5, 0.6) is 0 Å². The van der Waals surface area contributed by atoms with E-state index in [1.165, 1.54) is 7.11 Å². The number of aliphatic hydroxyl groups is 1. The fraction of sp³-hybridized carbons (Fsp3) is 1.00. The zero-order chi connectivity index (χ0) is 6.41. The summed E-state index contributed by atoms with van der Waals surface area (Å²) in [4.78, 5) is 0. The van der Waals surface area contributed by atoms with Gasteiger partial charge in [0.1, 0.15) is 0 Å². The molecule has 4 heteroatoms. The van der Waals surface area contributed by atoms with Gasteiger partial charge in [-0.05, 0) is 6.92 Å². The van der Waals surface area contributed by atoms with E-state index in [2.05, 4.69) is 4.74 Å². The smallest absolute Gasteiger partial charge is 1.00 e. The fourth-order valence-electron chi connectivity index (χ4n) is 0.381. The van der Waals surface area contributed by atoms with Gasteiger partial charge in [0.25, 0.3) is 0 Å². The molecule has 9 heavy (non-hydrogen) atoms. The minimum absolute atomic E-state index is 0. The van der Waals surface area contributed by atoms with Gasteiger partial charge in [-0.1, -0.05) is 0 Å². The Balaban J connectivity index is -0.000000245. The van der Waals surface area contributed by atoms with E-state index < -0.39 is 6.29 Å². The molecule has 0 amide bonds. The second kappa shape index (κ2) is 8.48. The minimum Gasteiger partial charge on any atom is -1.00 e. The van der Waals surface area contributed by atoms with Crippen molar-refractivity contribution in [1.82, 2.24) is 0 Å². The van der Waals surface area contributed by atoms with Crippen molar-refractivity contribution in [2.75, 3.05) is 20.3 Å². The molecule has 52 valence electrons. The normalized spacial score (nSPS) is 12.3. The summed E-state index contributed by atoms with van der Waals surface area (Å²) in [5, 5.41) is 8.41. The number of rotatable bonds is 4. The Labute approximate surface area is 69.0 Å². The van der Waals surface area contributed by atoms with Crippen molar-refractivity contribution in [3.63, 3.8) is 0 Å². The molecule has 0 radical (unpaired) electrons. The first-order valence-corrected chi connectivity index (χ1v) is 2.60. The van der Waals surface area contributed by atoms with Crippen LogP contribution in [0.1, 0.15) is 8.35 Å². The van der Waals surface area contributed by atoms with Crippen LogP contribution in [0.3, 0.4) is 0 Å². The van der Waals surface area contributed by atoms with Gasteiger partial charge in [0.15, 0.2) is 6.29 Å². The molecule has 0 aliphatic carbocycles. The Bertz CT molecular complexity index is 52.2. The molecule has 0 bridgehead atoms. The van der Waals surface area contributed by atoms with Crippen LogP contribution >= 0.6 is 0 Å². The van der Waals surface area contributed by atoms with E-state index in [0.717, 1.165) is 0 Å². The Morgan fingerprint density at radius 1 is 1.67 bits per heavy atom. The maximum absolute atomic E-state index is 8.41. The molecule has 0 rings (SSSR count). The van der Waals surface area contributed by atoms with Gasteiger partial charge in [0.05, 0.1) is 6.61 Å². The van der Waals surface area contributed by atoms with E-state index in [-0.39, 0.29) is 26.9 Å². The molecular formula is C5H13LiO3. The third kappa shape index (κ3) is 6.36. The van der Waals surface area contributed by atoms with Gasteiger partial charge < -0.3 is 16.0 Å². The van der Waals surface area contributed by atoms with Gasteiger partial charge in [-0.15, -0.1) is 0 Å². The van der Waals surface area contributed by atoms with E-state index in [0.29, 0.717) is 6.61 Å². The Hall–Kier alpha value is 0.477. The van der Waals surface area contributed by atoms with E-state index >= 15 is 0 Å². The molecule has 1 atom stereocenters. The molecular weight excluding hydrogens is 115 g/mol. The van der Waals surface area contributed by atoms with Gasteiger partial charge >= 0.3 is 18.9 Å². The predicted octanol–water partition coefficient (Wildman–Crippen LogP) is -2.90. The van der Waals surface area contributed by atoms with Crippen LogP contribution in [0.2, 0.25) is 0 Å². The average molecular weight is 128 g/mol. The molecule has 0 aromatic rings. The van der Waals surface area contributed by atoms with E-state index in [4.69, 9.17) is 9.84 Å². The number of hydrogen-bond acceptors (Lipinski definition) is 3. The van der Waals surface area contributed by atoms with Crippen LogP contribution in [0, 0.1) is 0 Å². The van der Waals surface area contributed by atoms with Crippen molar-refractivity contribution in [2.24, 2.45) is 0 Å². The summed E-state index contributed by atoms with van der Waals surface area (Å²) in [5.41, 5.74) is 0. The molecule has 0 saturated heterocycles. The summed E-state index contributed by atoms with van der Waals surface area (Å²) < 4.78 is 9.54. The van der Waals surface area contributed by atoms with Gasteiger partial charge in [-0.2, -0.15) is 0 Å². The summed E-state index contributed by atoms with van der Waals surface area (Å²) in [5.74, 6) is 0. The minimum atomic E-state index is -0.444. The molecule has 0 aromatic heterocycles. The summed E-state index contributed by atoms with van der Waals surface area (Å²) >= 11 is 0. The SMILES string of the molecule is CCOC(CO)OC.[H-].[Li+]. The summed E-state index contributed by atoms with van der Waals surface area (Å²) in [6, 6.07) is 0. The fourth-order valence-corrected chi connectivity index (χ4v) is 0.381. The molecule has 0 fully saturated rings. The zero-order valence-electron chi connectivity index (χ0n) is 7.26. The Morgan fingerprint density at radius 3 is 2.33 bits per heavy atom. The summed E-state index contributed by atoms with van der Waals surface area (Å²) in [7, 11) is 1.50. The largest absolute Gasteiger partial charge is 1.00 e.